The standard InChI is InChI=1S/C13H20N4/c1-2-4-10(5-3-1)17-13-11-8-14-7-6-12(11)15-9-16-13/h9-10,14H,1-8H2,(H,15,16,17). The number of nitrogens with one attached hydrogen (secondary N) is 2. The second-order valence-corrected chi connectivity index (χ2v) is 5.05. The van der Waals surface area contributed by atoms with Crippen molar-refractivity contribution in [2.24, 2.45) is 0 Å². The van der Waals surface area contributed by atoms with Crippen LogP contribution >= 0.6 is 0 Å². The van der Waals surface area contributed by atoms with Crippen LogP contribution < -0.4 is 10.6 Å². The molecular formula is C13H20N4. The lowest BCUT2D eigenvalue weighted by molar-refractivity contribution is 0.461. The highest BCUT2D eigenvalue weighted by atomic mass is 15.1. The summed E-state index contributed by atoms with van der Waals surface area (Å²) in [5, 5.41) is 7.02. The Balaban J connectivity index is 1.77. The van der Waals surface area contributed by atoms with E-state index in [0.29, 0.717) is 6.04 Å². The van der Waals surface area contributed by atoms with E-state index >= 15 is 0 Å². The molecule has 2 heterocycles. The zero-order valence-electron chi connectivity index (χ0n) is 10.2. The Labute approximate surface area is 102 Å². The van der Waals surface area contributed by atoms with E-state index in [2.05, 4.69) is 20.6 Å². The minimum atomic E-state index is 0.615. The zero-order chi connectivity index (χ0) is 11.5. The molecule has 1 aromatic heterocycles. The van der Waals surface area contributed by atoms with Gasteiger partial charge in [0, 0.05) is 31.1 Å². The molecule has 0 amide bonds. The summed E-state index contributed by atoms with van der Waals surface area (Å²) in [5.74, 6) is 1.06. The van der Waals surface area contributed by atoms with Crippen molar-refractivity contribution in [2.45, 2.75) is 51.1 Å². The summed E-state index contributed by atoms with van der Waals surface area (Å²) < 4.78 is 0. The first-order valence-electron chi connectivity index (χ1n) is 6.73. The van der Waals surface area contributed by atoms with Crippen LogP contribution in [0, 0.1) is 0 Å². The Kier molecular flexibility index (Phi) is 3.22. The molecule has 2 aliphatic rings. The van der Waals surface area contributed by atoms with Crippen LogP contribution in [-0.4, -0.2) is 22.6 Å². The SMILES string of the molecule is c1nc2c(c(NC3CCCCC3)n1)CNCC2. The number of hydrogen-bond acceptors (Lipinski definition) is 4. The Hall–Kier alpha value is -1.16. The van der Waals surface area contributed by atoms with E-state index in [0.717, 1.165) is 25.3 Å². The Morgan fingerprint density at radius 1 is 1.18 bits per heavy atom. The van der Waals surface area contributed by atoms with Gasteiger partial charge in [0.25, 0.3) is 0 Å². The Morgan fingerprint density at radius 3 is 2.94 bits per heavy atom. The second kappa shape index (κ2) is 5.00. The third kappa shape index (κ3) is 2.41. The van der Waals surface area contributed by atoms with Crippen molar-refractivity contribution in [1.29, 1.82) is 0 Å². The van der Waals surface area contributed by atoms with E-state index in [1.807, 2.05) is 0 Å². The third-order valence-corrected chi connectivity index (χ3v) is 3.82. The molecule has 1 aliphatic heterocycles. The summed E-state index contributed by atoms with van der Waals surface area (Å²) in [4.78, 5) is 8.81. The number of hydrogen-bond donors (Lipinski definition) is 2. The van der Waals surface area contributed by atoms with Crippen LogP contribution in [0.4, 0.5) is 5.82 Å². The van der Waals surface area contributed by atoms with Crippen LogP contribution in [0.2, 0.25) is 0 Å². The number of aromatic nitrogens is 2. The Morgan fingerprint density at radius 2 is 2.06 bits per heavy atom. The van der Waals surface area contributed by atoms with Crippen LogP contribution in [0.1, 0.15) is 43.4 Å². The van der Waals surface area contributed by atoms with Crippen molar-refractivity contribution < 1.29 is 0 Å². The maximum absolute atomic E-state index is 4.42. The molecule has 0 bridgehead atoms. The maximum atomic E-state index is 4.42. The van der Waals surface area contributed by atoms with Gasteiger partial charge in [-0.25, -0.2) is 9.97 Å². The van der Waals surface area contributed by atoms with Crippen molar-refractivity contribution in [3.63, 3.8) is 0 Å². The molecule has 3 rings (SSSR count). The molecule has 2 N–H and O–H groups in total. The molecule has 0 unspecified atom stereocenters. The molecule has 0 atom stereocenters. The highest BCUT2D eigenvalue weighted by Crippen LogP contribution is 2.24. The lowest BCUT2D eigenvalue weighted by atomic mass is 9.95. The molecule has 4 heteroatoms. The van der Waals surface area contributed by atoms with Crippen molar-refractivity contribution in [3.05, 3.63) is 17.6 Å². The molecule has 0 aromatic carbocycles. The monoisotopic (exact) mass is 232 g/mol. The van der Waals surface area contributed by atoms with E-state index in [-0.39, 0.29) is 0 Å². The normalized spacial score (nSPS) is 20.9. The summed E-state index contributed by atoms with van der Waals surface area (Å²) in [6.07, 6.45) is 9.39. The number of fused-ring (bicyclic) bond motifs is 1. The molecule has 0 saturated heterocycles. The van der Waals surface area contributed by atoms with Gasteiger partial charge in [-0.15, -0.1) is 0 Å². The number of anilines is 1. The second-order valence-electron chi connectivity index (χ2n) is 5.05. The van der Waals surface area contributed by atoms with Gasteiger partial charge in [-0.2, -0.15) is 0 Å². The average Bonchev–Trinajstić information content (AvgIpc) is 2.40. The lowest BCUT2D eigenvalue weighted by Crippen LogP contribution is -2.29. The molecule has 0 spiro atoms. The molecule has 0 radical (unpaired) electrons. The van der Waals surface area contributed by atoms with Gasteiger partial charge in [0.1, 0.15) is 12.1 Å². The van der Waals surface area contributed by atoms with E-state index < -0.39 is 0 Å². The van der Waals surface area contributed by atoms with Gasteiger partial charge in [0.05, 0.1) is 5.69 Å². The zero-order valence-corrected chi connectivity index (χ0v) is 10.2. The molecule has 17 heavy (non-hydrogen) atoms. The first-order valence-corrected chi connectivity index (χ1v) is 6.73. The molecule has 92 valence electrons. The van der Waals surface area contributed by atoms with E-state index in [9.17, 15) is 0 Å². The first-order chi connectivity index (χ1) is 8.43. The fourth-order valence-corrected chi connectivity index (χ4v) is 2.83. The van der Waals surface area contributed by atoms with Gasteiger partial charge < -0.3 is 10.6 Å². The molecule has 1 fully saturated rings. The van der Waals surface area contributed by atoms with Crippen molar-refractivity contribution in [3.8, 4) is 0 Å². The topological polar surface area (TPSA) is 49.8 Å². The minimum Gasteiger partial charge on any atom is -0.367 e. The minimum absolute atomic E-state index is 0.615. The van der Waals surface area contributed by atoms with E-state index in [1.54, 1.807) is 6.33 Å². The van der Waals surface area contributed by atoms with Crippen LogP contribution in [-0.2, 0) is 13.0 Å². The quantitative estimate of drug-likeness (QED) is 0.817. The molecule has 1 aliphatic carbocycles. The van der Waals surface area contributed by atoms with Crippen LogP contribution in [0.25, 0.3) is 0 Å². The summed E-state index contributed by atoms with van der Waals surface area (Å²) in [6, 6.07) is 0.615. The fourth-order valence-electron chi connectivity index (χ4n) is 2.83. The summed E-state index contributed by atoms with van der Waals surface area (Å²) in [6.45, 7) is 1.94. The van der Waals surface area contributed by atoms with Gasteiger partial charge in [0.2, 0.25) is 0 Å². The van der Waals surface area contributed by atoms with E-state index in [4.69, 9.17) is 0 Å². The number of nitrogens with zero attached hydrogens (tertiary/aromatic N) is 2. The van der Waals surface area contributed by atoms with Crippen molar-refractivity contribution in [2.75, 3.05) is 11.9 Å². The van der Waals surface area contributed by atoms with Gasteiger partial charge in [-0.3, -0.25) is 0 Å². The van der Waals surface area contributed by atoms with Gasteiger partial charge in [0.15, 0.2) is 0 Å². The molecular weight excluding hydrogens is 212 g/mol. The predicted octanol–water partition coefficient (Wildman–Crippen LogP) is 1.87. The average molecular weight is 232 g/mol. The van der Waals surface area contributed by atoms with Crippen molar-refractivity contribution in [1.82, 2.24) is 15.3 Å². The van der Waals surface area contributed by atoms with Gasteiger partial charge >= 0.3 is 0 Å². The highest BCUT2D eigenvalue weighted by molar-refractivity contribution is 5.47. The Bertz CT molecular complexity index is 385. The van der Waals surface area contributed by atoms with Crippen molar-refractivity contribution >= 4 is 5.82 Å². The molecule has 1 aromatic rings. The van der Waals surface area contributed by atoms with Crippen LogP contribution in [0.3, 0.4) is 0 Å². The highest BCUT2D eigenvalue weighted by Gasteiger charge is 2.18. The number of rotatable bonds is 2. The largest absolute Gasteiger partial charge is 0.367 e. The van der Waals surface area contributed by atoms with Crippen LogP contribution in [0.15, 0.2) is 6.33 Å². The molecule has 1 saturated carbocycles. The third-order valence-electron chi connectivity index (χ3n) is 3.82. The van der Waals surface area contributed by atoms with Gasteiger partial charge in [-0.1, -0.05) is 19.3 Å². The fraction of sp³-hybridized carbons (Fsp3) is 0.692. The maximum Gasteiger partial charge on any atom is 0.134 e. The van der Waals surface area contributed by atoms with Gasteiger partial charge in [-0.05, 0) is 12.8 Å². The molecule has 4 nitrogen and oxygen atoms in total. The smallest absolute Gasteiger partial charge is 0.134 e. The summed E-state index contributed by atoms with van der Waals surface area (Å²) >= 11 is 0. The lowest BCUT2D eigenvalue weighted by Gasteiger charge is -2.26. The summed E-state index contributed by atoms with van der Waals surface area (Å²) in [5.41, 5.74) is 2.50. The first kappa shape index (κ1) is 11.0. The summed E-state index contributed by atoms with van der Waals surface area (Å²) in [7, 11) is 0. The van der Waals surface area contributed by atoms with Crippen LogP contribution in [0.5, 0.6) is 0 Å². The predicted molar refractivity (Wildman–Crippen MR) is 67.9 cm³/mol. The van der Waals surface area contributed by atoms with E-state index in [1.165, 1.54) is 43.4 Å².